The fourth-order valence-electron chi connectivity index (χ4n) is 2.35. The number of nitrogens with zero attached hydrogens (tertiary/aromatic N) is 2. The van der Waals surface area contributed by atoms with Gasteiger partial charge in [-0.1, -0.05) is 18.5 Å². The third kappa shape index (κ3) is 6.22. The molecule has 1 heterocycles. The Morgan fingerprint density at radius 3 is 2.29 bits per heavy atom. The minimum atomic E-state index is 0. The van der Waals surface area contributed by atoms with Crippen LogP contribution in [0.2, 0.25) is 5.02 Å². The number of hydrogen-bond acceptors (Lipinski definition) is 3. The molecule has 1 aromatic rings. The van der Waals surface area contributed by atoms with Crippen LogP contribution >= 0.6 is 24.0 Å². The van der Waals surface area contributed by atoms with Gasteiger partial charge in [0.15, 0.2) is 0 Å². The Kier molecular flexibility index (Phi) is 8.04. The second kappa shape index (κ2) is 9.26. The molecule has 0 aromatic heterocycles. The zero-order valence-electron chi connectivity index (χ0n) is 12.3. The number of amides is 1. The summed E-state index contributed by atoms with van der Waals surface area (Å²) < 4.78 is 0. The van der Waals surface area contributed by atoms with Gasteiger partial charge in [0.25, 0.3) is 0 Å². The van der Waals surface area contributed by atoms with Crippen LogP contribution < -0.4 is 5.32 Å². The van der Waals surface area contributed by atoms with E-state index in [1.807, 2.05) is 12.1 Å². The first-order valence-electron chi connectivity index (χ1n) is 7.17. The molecule has 0 aliphatic carbocycles. The molecule has 1 aliphatic rings. The minimum absolute atomic E-state index is 0. The predicted molar refractivity (Wildman–Crippen MR) is 90.5 cm³/mol. The topological polar surface area (TPSA) is 35.6 Å². The summed E-state index contributed by atoms with van der Waals surface area (Å²) in [6.45, 7) is 8.46. The highest BCUT2D eigenvalue weighted by Gasteiger charge is 2.15. The summed E-state index contributed by atoms with van der Waals surface area (Å²) in [6, 6.07) is 7.20. The van der Waals surface area contributed by atoms with E-state index in [1.165, 1.54) is 0 Å². The number of anilines is 1. The number of nitrogens with one attached hydrogen (secondary N) is 1. The number of rotatable bonds is 5. The first-order chi connectivity index (χ1) is 9.67. The SMILES string of the molecule is CCN1CCN(CCC(=O)Nc2ccc(Cl)cc2)CC1.Cl. The maximum atomic E-state index is 11.9. The molecule has 1 aromatic carbocycles. The summed E-state index contributed by atoms with van der Waals surface area (Å²) in [6.07, 6.45) is 0.536. The van der Waals surface area contributed by atoms with Gasteiger partial charge in [0.05, 0.1) is 0 Å². The van der Waals surface area contributed by atoms with Crippen molar-refractivity contribution in [3.8, 4) is 0 Å². The zero-order chi connectivity index (χ0) is 14.4. The molecule has 2 rings (SSSR count). The number of halogens is 2. The summed E-state index contributed by atoms with van der Waals surface area (Å²) in [7, 11) is 0. The van der Waals surface area contributed by atoms with Crippen LogP contribution in [0.15, 0.2) is 24.3 Å². The van der Waals surface area contributed by atoms with Crippen molar-refractivity contribution in [2.75, 3.05) is 44.6 Å². The fraction of sp³-hybridized carbons (Fsp3) is 0.533. The molecule has 1 fully saturated rings. The van der Waals surface area contributed by atoms with Crippen molar-refractivity contribution in [1.82, 2.24) is 9.80 Å². The Balaban J connectivity index is 0.00000220. The van der Waals surface area contributed by atoms with Gasteiger partial charge in [-0.05, 0) is 30.8 Å². The molecule has 1 saturated heterocycles. The van der Waals surface area contributed by atoms with Gasteiger partial charge in [0.1, 0.15) is 0 Å². The summed E-state index contributed by atoms with van der Waals surface area (Å²) in [5, 5.41) is 3.57. The number of carbonyl (C=O) groups is 1. The third-order valence-corrected chi connectivity index (χ3v) is 3.95. The quantitative estimate of drug-likeness (QED) is 0.901. The molecule has 118 valence electrons. The van der Waals surface area contributed by atoms with Crippen LogP contribution in [0.4, 0.5) is 5.69 Å². The van der Waals surface area contributed by atoms with Crippen LogP contribution in [-0.4, -0.2) is 55.0 Å². The maximum Gasteiger partial charge on any atom is 0.225 e. The third-order valence-electron chi connectivity index (χ3n) is 3.70. The molecule has 0 atom stereocenters. The summed E-state index contributed by atoms with van der Waals surface area (Å²) in [5.74, 6) is 0.0604. The van der Waals surface area contributed by atoms with Crippen molar-refractivity contribution < 1.29 is 4.79 Å². The number of hydrogen-bond donors (Lipinski definition) is 1. The Morgan fingerprint density at radius 2 is 1.71 bits per heavy atom. The molecule has 21 heavy (non-hydrogen) atoms. The number of likely N-dealkylation sites (N-methyl/N-ethyl adjacent to an activating group) is 1. The molecule has 0 spiro atoms. The first kappa shape index (κ1) is 18.2. The normalized spacial score (nSPS) is 16.3. The van der Waals surface area contributed by atoms with E-state index in [0.29, 0.717) is 11.4 Å². The van der Waals surface area contributed by atoms with Crippen LogP contribution in [-0.2, 0) is 4.79 Å². The largest absolute Gasteiger partial charge is 0.326 e. The number of benzene rings is 1. The van der Waals surface area contributed by atoms with Crippen molar-refractivity contribution in [3.05, 3.63) is 29.3 Å². The van der Waals surface area contributed by atoms with E-state index in [9.17, 15) is 4.79 Å². The van der Waals surface area contributed by atoms with E-state index in [0.717, 1.165) is 45.0 Å². The minimum Gasteiger partial charge on any atom is -0.326 e. The molecule has 0 unspecified atom stereocenters. The number of piperazine rings is 1. The molecule has 4 nitrogen and oxygen atoms in total. The molecule has 0 saturated carbocycles. The van der Waals surface area contributed by atoms with Crippen molar-refractivity contribution >= 4 is 35.6 Å². The van der Waals surface area contributed by atoms with E-state index >= 15 is 0 Å². The Hall–Kier alpha value is -0.810. The Morgan fingerprint density at radius 1 is 1.14 bits per heavy atom. The monoisotopic (exact) mass is 331 g/mol. The molecule has 1 amide bonds. The lowest BCUT2D eigenvalue weighted by molar-refractivity contribution is -0.116. The van der Waals surface area contributed by atoms with Crippen molar-refractivity contribution in [3.63, 3.8) is 0 Å². The summed E-state index contributed by atoms with van der Waals surface area (Å²) >= 11 is 5.81. The highest BCUT2D eigenvalue weighted by atomic mass is 35.5. The van der Waals surface area contributed by atoms with E-state index in [1.54, 1.807) is 12.1 Å². The zero-order valence-corrected chi connectivity index (χ0v) is 13.9. The van der Waals surface area contributed by atoms with Crippen molar-refractivity contribution in [2.45, 2.75) is 13.3 Å². The van der Waals surface area contributed by atoms with Gasteiger partial charge >= 0.3 is 0 Å². The van der Waals surface area contributed by atoms with E-state index < -0.39 is 0 Å². The summed E-state index contributed by atoms with van der Waals surface area (Å²) in [5.41, 5.74) is 0.801. The highest BCUT2D eigenvalue weighted by molar-refractivity contribution is 6.30. The first-order valence-corrected chi connectivity index (χ1v) is 7.55. The Labute approximate surface area is 137 Å². The van der Waals surface area contributed by atoms with Gasteiger partial charge in [-0.2, -0.15) is 0 Å². The predicted octanol–water partition coefficient (Wildman–Crippen LogP) is 2.73. The average molecular weight is 332 g/mol. The van der Waals surface area contributed by atoms with Gasteiger partial charge in [0.2, 0.25) is 5.91 Å². The second-order valence-corrected chi connectivity index (χ2v) is 5.52. The van der Waals surface area contributed by atoms with Crippen LogP contribution in [0.25, 0.3) is 0 Å². The molecule has 0 radical (unpaired) electrons. The molecule has 0 bridgehead atoms. The van der Waals surface area contributed by atoms with Gasteiger partial charge in [-0.3, -0.25) is 4.79 Å². The van der Waals surface area contributed by atoms with Crippen LogP contribution in [0.5, 0.6) is 0 Å². The second-order valence-electron chi connectivity index (χ2n) is 5.08. The lowest BCUT2D eigenvalue weighted by atomic mass is 10.2. The smallest absolute Gasteiger partial charge is 0.225 e. The molecule has 1 aliphatic heterocycles. The van der Waals surface area contributed by atoms with Gasteiger partial charge in [-0.15, -0.1) is 12.4 Å². The van der Waals surface area contributed by atoms with E-state index in [4.69, 9.17) is 11.6 Å². The fourth-order valence-corrected chi connectivity index (χ4v) is 2.47. The molecular formula is C15H23Cl2N3O. The molecule has 1 N–H and O–H groups in total. The van der Waals surface area contributed by atoms with E-state index in [2.05, 4.69) is 22.0 Å². The van der Waals surface area contributed by atoms with Gasteiger partial charge < -0.3 is 15.1 Å². The van der Waals surface area contributed by atoms with Crippen LogP contribution in [0.3, 0.4) is 0 Å². The van der Waals surface area contributed by atoms with Crippen LogP contribution in [0, 0.1) is 0 Å². The molecule has 6 heteroatoms. The Bertz CT molecular complexity index is 431. The van der Waals surface area contributed by atoms with Crippen molar-refractivity contribution in [2.24, 2.45) is 0 Å². The maximum absolute atomic E-state index is 11.9. The lowest BCUT2D eigenvalue weighted by Crippen LogP contribution is -2.46. The van der Waals surface area contributed by atoms with E-state index in [-0.39, 0.29) is 18.3 Å². The standard InChI is InChI=1S/C15H22ClN3O.ClH/c1-2-18-9-11-19(12-10-18)8-7-15(20)17-14-5-3-13(16)4-6-14;/h3-6H,2,7-12H2,1H3,(H,17,20);1H. The van der Waals surface area contributed by atoms with Crippen molar-refractivity contribution in [1.29, 1.82) is 0 Å². The average Bonchev–Trinajstić information content (AvgIpc) is 2.48. The van der Waals surface area contributed by atoms with Gasteiger partial charge in [-0.25, -0.2) is 0 Å². The van der Waals surface area contributed by atoms with Gasteiger partial charge in [0, 0.05) is 49.9 Å². The summed E-state index contributed by atoms with van der Waals surface area (Å²) in [4.78, 5) is 16.7. The molecular weight excluding hydrogens is 309 g/mol. The lowest BCUT2D eigenvalue weighted by Gasteiger charge is -2.33. The highest BCUT2D eigenvalue weighted by Crippen LogP contribution is 2.13. The number of carbonyl (C=O) groups excluding carboxylic acids is 1. The van der Waals surface area contributed by atoms with Crippen LogP contribution in [0.1, 0.15) is 13.3 Å².